The zero-order valence-electron chi connectivity index (χ0n) is 15.4. The van der Waals surface area contributed by atoms with Gasteiger partial charge in [-0.3, -0.25) is 14.4 Å². The van der Waals surface area contributed by atoms with Crippen LogP contribution in [0.2, 0.25) is 0 Å². The maximum atomic E-state index is 12.7. The summed E-state index contributed by atoms with van der Waals surface area (Å²) < 4.78 is 63.1. The van der Waals surface area contributed by atoms with Crippen molar-refractivity contribution < 1.29 is 26.4 Å². The van der Waals surface area contributed by atoms with Gasteiger partial charge in [-0.2, -0.15) is 13.2 Å². The van der Waals surface area contributed by atoms with Gasteiger partial charge in [0, 0.05) is 5.56 Å². The maximum absolute atomic E-state index is 12.7. The summed E-state index contributed by atoms with van der Waals surface area (Å²) in [6, 6.07) is 12.6. The molecule has 12 heteroatoms. The number of halogens is 3. The summed E-state index contributed by atoms with van der Waals surface area (Å²) in [5.41, 5.74) is -0.188. The van der Waals surface area contributed by atoms with E-state index >= 15 is 0 Å². The van der Waals surface area contributed by atoms with Crippen molar-refractivity contribution in [2.45, 2.75) is 6.18 Å². The Morgan fingerprint density at radius 1 is 1.07 bits per heavy atom. The van der Waals surface area contributed by atoms with E-state index in [1.165, 1.54) is 0 Å². The first-order valence-corrected chi connectivity index (χ1v) is 11.0. The number of hydrogen-bond acceptors (Lipinski definition) is 6. The van der Waals surface area contributed by atoms with Crippen molar-refractivity contribution >= 4 is 38.1 Å². The normalized spacial score (nSPS) is 11.9. The topological polar surface area (TPSA) is 92.3 Å². The molecule has 1 heterocycles. The van der Waals surface area contributed by atoms with Gasteiger partial charge in [0.25, 0.3) is 0 Å². The average molecular weight is 456 g/mol. The second kappa shape index (κ2) is 8.40. The number of sulfonamides is 1. The van der Waals surface area contributed by atoms with Crippen molar-refractivity contribution in [1.82, 2.24) is 10.2 Å². The molecule has 2 aromatic carbocycles. The van der Waals surface area contributed by atoms with Crippen LogP contribution in [0.25, 0.3) is 10.6 Å². The molecule has 1 N–H and O–H groups in total. The first-order chi connectivity index (χ1) is 14.0. The summed E-state index contributed by atoms with van der Waals surface area (Å²) in [7, 11) is -3.93. The number of nitrogens with one attached hydrogen (secondary N) is 1. The van der Waals surface area contributed by atoms with E-state index in [2.05, 4.69) is 15.5 Å². The highest BCUT2D eigenvalue weighted by Crippen LogP contribution is 2.31. The fourth-order valence-electron chi connectivity index (χ4n) is 2.48. The molecule has 7 nitrogen and oxygen atoms in total. The Balaban J connectivity index is 1.75. The highest BCUT2D eigenvalue weighted by Gasteiger charge is 2.31. The number of carbonyl (C=O) groups is 1. The molecule has 3 aromatic rings. The number of alkyl halides is 3. The lowest BCUT2D eigenvalue weighted by Gasteiger charge is -2.22. The van der Waals surface area contributed by atoms with Gasteiger partial charge < -0.3 is 0 Å². The van der Waals surface area contributed by atoms with E-state index in [4.69, 9.17) is 0 Å². The zero-order chi connectivity index (χ0) is 21.9. The first kappa shape index (κ1) is 21.7. The minimum Gasteiger partial charge on any atom is -0.299 e. The lowest BCUT2D eigenvalue weighted by atomic mass is 10.2. The van der Waals surface area contributed by atoms with E-state index < -0.39 is 34.2 Å². The molecule has 0 atom stereocenters. The highest BCUT2D eigenvalue weighted by atomic mass is 32.2. The summed E-state index contributed by atoms with van der Waals surface area (Å²) >= 11 is 1.10. The van der Waals surface area contributed by atoms with Gasteiger partial charge >= 0.3 is 6.18 Å². The smallest absolute Gasteiger partial charge is 0.299 e. The summed E-state index contributed by atoms with van der Waals surface area (Å²) in [6.45, 7) is -0.634. The number of nitrogens with zero attached hydrogens (tertiary/aromatic N) is 3. The average Bonchev–Trinajstić information content (AvgIpc) is 3.14. The van der Waals surface area contributed by atoms with Crippen molar-refractivity contribution in [1.29, 1.82) is 0 Å². The summed E-state index contributed by atoms with van der Waals surface area (Å²) in [4.78, 5) is 12.4. The van der Waals surface area contributed by atoms with Gasteiger partial charge in [0.15, 0.2) is 0 Å². The molecule has 0 unspecified atom stereocenters. The Kier molecular flexibility index (Phi) is 6.08. The minimum absolute atomic E-state index is 0.0668. The quantitative estimate of drug-likeness (QED) is 0.612. The Morgan fingerprint density at radius 2 is 1.70 bits per heavy atom. The fraction of sp³-hybridized carbons (Fsp3) is 0.167. The van der Waals surface area contributed by atoms with Crippen LogP contribution in [0.15, 0.2) is 54.6 Å². The molecule has 0 aliphatic heterocycles. The Hall–Kier alpha value is -2.99. The second-order valence-electron chi connectivity index (χ2n) is 6.14. The van der Waals surface area contributed by atoms with E-state index in [0.29, 0.717) is 9.31 Å². The predicted octanol–water partition coefficient (Wildman–Crippen LogP) is 3.63. The number of carbonyl (C=O) groups excluding carboxylic acids is 1. The maximum Gasteiger partial charge on any atom is 0.416 e. The molecular formula is C18H15F3N4O3S2. The monoisotopic (exact) mass is 456 g/mol. The number of benzene rings is 2. The van der Waals surface area contributed by atoms with E-state index in [1.54, 1.807) is 0 Å². The van der Waals surface area contributed by atoms with Crippen molar-refractivity contribution in [2.75, 3.05) is 22.4 Å². The van der Waals surface area contributed by atoms with Crippen LogP contribution in [-0.2, 0) is 21.0 Å². The third kappa shape index (κ3) is 5.33. The van der Waals surface area contributed by atoms with E-state index in [9.17, 15) is 26.4 Å². The zero-order valence-corrected chi connectivity index (χ0v) is 17.1. The number of amides is 1. The third-order valence-electron chi connectivity index (χ3n) is 3.86. The van der Waals surface area contributed by atoms with Crippen molar-refractivity contribution in [3.05, 3.63) is 60.2 Å². The molecule has 158 valence electrons. The highest BCUT2D eigenvalue weighted by molar-refractivity contribution is 7.92. The van der Waals surface area contributed by atoms with Crippen LogP contribution in [0, 0.1) is 0 Å². The lowest BCUT2D eigenvalue weighted by molar-refractivity contribution is -0.137. The van der Waals surface area contributed by atoms with Crippen molar-refractivity contribution in [2.24, 2.45) is 0 Å². The van der Waals surface area contributed by atoms with Gasteiger partial charge in [-0.15, -0.1) is 10.2 Å². The molecule has 0 aliphatic carbocycles. The van der Waals surface area contributed by atoms with Gasteiger partial charge in [0.2, 0.25) is 21.1 Å². The van der Waals surface area contributed by atoms with Crippen molar-refractivity contribution in [3.63, 3.8) is 0 Å². The summed E-state index contributed by atoms with van der Waals surface area (Å²) in [5, 5.41) is 11.0. The molecule has 3 rings (SSSR count). The minimum atomic E-state index is -4.56. The van der Waals surface area contributed by atoms with Crippen LogP contribution >= 0.6 is 11.3 Å². The molecule has 0 radical (unpaired) electrons. The Labute approximate surface area is 174 Å². The van der Waals surface area contributed by atoms with Gasteiger partial charge in [-0.25, -0.2) is 8.42 Å². The standard InChI is InChI=1S/C18H15F3N4O3S2/c1-30(27,28)25(14-9-7-13(8-10-14)18(19,20)21)11-15(26)22-17-24-23-16(29-17)12-5-3-2-4-6-12/h2-10H,11H2,1H3,(H,22,24,26). The molecule has 1 amide bonds. The fourth-order valence-corrected chi connectivity index (χ4v) is 4.10. The Morgan fingerprint density at radius 3 is 2.27 bits per heavy atom. The van der Waals surface area contributed by atoms with E-state index in [1.807, 2.05) is 30.3 Å². The predicted molar refractivity (Wildman–Crippen MR) is 108 cm³/mol. The van der Waals surface area contributed by atoms with E-state index in [0.717, 1.165) is 47.4 Å². The van der Waals surface area contributed by atoms with Crippen LogP contribution in [0.3, 0.4) is 0 Å². The molecule has 0 bridgehead atoms. The molecule has 30 heavy (non-hydrogen) atoms. The first-order valence-electron chi connectivity index (χ1n) is 8.38. The summed E-state index contributed by atoms with van der Waals surface area (Å²) in [6.07, 6.45) is -3.70. The Bertz CT molecular complexity index is 1130. The molecule has 0 aliphatic rings. The number of anilines is 2. The SMILES string of the molecule is CS(=O)(=O)N(CC(=O)Nc1nnc(-c2ccccc2)s1)c1ccc(C(F)(F)F)cc1. The summed E-state index contributed by atoms with van der Waals surface area (Å²) in [5.74, 6) is -0.712. The van der Waals surface area contributed by atoms with Crippen LogP contribution in [-0.4, -0.2) is 37.3 Å². The third-order valence-corrected chi connectivity index (χ3v) is 5.89. The van der Waals surface area contributed by atoms with Gasteiger partial charge in [-0.05, 0) is 24.3 Å². The number of rotatable bonds is 6. The molecule has 1 aromatic heterocycles. The molecular weight excluding hydrogens is 441 g/mol. The van der Waals surface area contributed by atoms with Gasteiger partial charge in [0.1, 0.15) is 11.6 Å². The second-order valence-corrected chi connectivity index (χ2v) is 9.03. The van der Waals surface area contributed by atoms with Crippen LogP contribution < -0.4 is 9.62 Å². The largest absolute Gasteiger partial charge is 0.416 e. The van der Waals surface area contributed by atoms with Gasteiger partial charge in [-0.1, -0.05) is 41.7 Å². The van der Waals surface area contributed by atoms with Crippen molar-refractivity contribution in [3.8, 4) is 10.6 Å². The van der Waals surface area contributed by atoms with Crippen LogP contribution in [0.5, 0.6) is 0 Å². The number of hydrogen-bond donors (Lipinski definition) is 1. The van der Waals surface area contributed by atoms with Crippen LogP contribution in [0.4, 0.5) is 24.0 Å². The molecule has 0 fully saturated rings. The van der Waals surface area contributed by atoms with Gasteiger partial charge in [0.05, 0.1) is 17.5 Å². The number of aromatic nitrogens is 2. The molecule has 0 saturated carbocycles. The van der Waals surface area contributed by atoms with Crippen LogP contribution in [0.1, 0.15) is 5.56 Å². The lowest BCUT2D eigenvalue weighted by Crippen LogP contribution is -2.37. The molecule has 0 saturated heterocycles. The van der Waals surface area contributed by atoms with E-state index in [-0.39, 0.29) is 10.8 Å². The molecule has 0 spiro atoms.